The molecule has 0 spiro atoms. The van der Waals surface area contributed by atoms with Crippen molar-refractivity contribution in [3.05, 3.63) is 28.8 Å². The van der Waals surface area contributed by atoms with E-state index in [1.165, 1.54) is 4.90 Å². The maximum atomic E-state index is 12.6. The molecule has 0 aliphatic carbocycles. The lowest BCUT2D eigenvalue weighted by molar-refractivity contribution is -0.119. The molecule has 2 nitrogen and oxygen atoms in total. The van der Waals surface area contributed by atoms with E-state index in [1.54, 1.807) is 25.1 Å². The van der Waals surface area contributed by atoms with Crippen LogP contribution in [0.15, 0.2) is 18.2 Å². The number of hydrogen-bond acceptors (Lipinski definition) is 2. The molecule has 6 heteroatoms. The fraction of sp³-hybridized carbons (Fsp3) is 0.538. The first-order valence-corrected chi connectivity index (χ1v) is 6.47. The van der Waals surface area contributed by atoms with Crippen LogP contribution in [0.5, 0.6) is 0 Å². The van der Waals surface area contributed by atoms with E-state index in [1.807, 2.05) is 6.92 Å². The van der Waals surface area contributed by atoms with Crippen molar-refractivity contribution in [3.8, 4) is 0 Å². The minimum Gasteiger partial charge on any atom is -0.361 e. The van der Waals surface area contributed by atoms with Crippen LogP contribution in [0.3, 0.4) is 0 Å². The van der Waals surface area contributed by atoms with E-state index in [-0.39, 0.29) is 12.6 Å². The largest absolute Gasteiger partial charge is 0.405 e. The molecule has 0 heterocycles. The summed E-state index contributed by atoms with van der Waals surface area (Å²) < 4.78 is 37.8. The number of halogens is 4. The third kappa shape index (κ3) is 4.91. The Morgan fingerprint density at radius 3 is 2.47 bits per heavy atom. The maximum absolute atomic E-state index is 12.6. The van der Waals surface area contributed by atoms with Crippen molar-refractivity contribution < 1.29 is 13.2 Å². The molecule has 0 radical (unpaired) electrons. The van der Waals surface area contributed by atoms with Crippen molar-refractivity contribution in [2.24, 2.45) is 5.73 Å². The molecule has 0 saturated carbocycles. The third-order valence-corrected chi connectivity index (χ3v) is 2.99. The molecule has 1 aromatic rings. The second-order valence-electron chi connectivity index (χ2n) is 4.56. The Labute approximate surface area is 116 Å². The van der Waals surface area contributed by atoms with Gasteiger partial charge in [0.05, 0.1) is 10.7 Å². The number of hydrogen-bond donors (Lipinski definition) is 1. The Kier molecular flexibility index (Phi) is 5.50. The lowest BCUT2D eigenvalue weighted by Gasteiger charge is -2.28. The molecule has 0 amide bonds. The molecule has 1 unspecified atom stereocenters. The number of alkyl halides is 3. The lowest BCUT2D eigenvalue weighted by atomic mass is 10.0. The SMILES string of the molecule is CCN(CC(F)(F)F)c1c(Cl)cccc1CC(C)N. The standard InChI is InChI=1S/C13H18ClF3N2/c1-3-19(8-13(15,16)17)12-10(7-9(2)18)5-4-6-11(12)14/h4-6,9H,3,7-8,18H2,1-2H3. The van der Waals surface area contributed by atoms with E-state index in [0.29, 0.717) is 17.1 Å². The summed E-state index contributed by atoms with van der Waals surface area (Å²) in [5.41, 5.74) is 6.90. The molecule has 0 aromatic heterocycles. The minimum absolute atomic E-state index is 0.137. The highest BCUT2D eigenvalue weighted by molar-refractivity contribution is 6.33. The monoisotopic (exact) mass is 294 g/mol. The summed E-state index contributed by atoms with van der Waals surface area (Å²) in [6.45, 7) is 2.70. The zero-order valence-corrected chi connectivity index (χ0v) is 11.7. The molecule has 0 aliphatic rings. The summed E-state index contributed by atoms with van der Waals surface area (Å²) in [6, 6.07) is 4.96. The summed E-state index contributed by atoms with van der Waals surface area (Å²) in [5.74, 6) is 0. The molecule has 0 saturated heterocycles. The van der Waals surface area contributed by atoms with Gasteiger partial charge in [-0.15, -0.1) is 0 Å². The number of rotatable bonds is 5. The Morgan fingerprint density at radius 1 is 1.37 bits per heavy atom. The Morgan fingerprint density at radius 2 is 2.00 bits per heavy atom. The number of benzene rings is 1. The fourth-order valence-corrected chi connectivity index (χ4v) is 2.30. The van der Waals surface area contributed by atoms with Crippen LogP contribution in [-0.2, 0) is 6.42 Å². The van der Waals surface area contributed by atoms with Gasteiger partial charge < -0.3 is 10.6 Å². The van der Waals surface area contributed by atoms with Crippen molar-refractivity contribution in [2.75, 3.05) is 18.0 Å². The highest BCUT2D eigenvalue weighted by Crippen LogP contribution is 2.32. The Balaban J connectivity index is 3.14. The summed E-state index contributed by atoms with van der Waals surface area (Å²) >= 11 is 6.07. The van der Waals surface area contributed by atoms with Crippen molar-refractivity contribution in [1.82, 2.24) is 0 Å². The zero-order chi connectivity index (χ0) is 14.6. The van der Waals surface area contributed by atoms with Gasteiger partial charge in [-0.1, -0.05) is 23.7 Å². The van der Waals surface area contributed by atoms with Crippen LogP contribution < -0.4 is 10.6 Å². The highest BCUT2D eigenvalue weighted by atomic mass is 35.5. The van der Waals surface area contributed by atoms with Gasteiger partial charge in [0.25, 0.3) is 0 Å². The van der Waals surface area contributed by atoms with Gasteiger partial charge >= 0.3 is 6.18 Å². The molecule has 1 atom stereocenters. The summed E-state index contributed by atoms with van der Waals surface area (Å²) in [6.07, 6.45) is -3.77. The Bertz CT molecular complexity index is 419. The molecule has 19 heavy (non-hydrogen) atoms. The van der Waals surface area contributed by atoms with Crippen molar-refractivity contribution in [1.29, 1.82) is 0 Å². The first-order chi connectivity index (χ1) is 8.74. The van der Waals surface area contributed by atoms with E-state index in [2.05, 4.69) is 0 Å². The molecular weight excluding hydrogens is 277 g/mol. The van der Waals surface area contributed by atoms with Gasteiger partial charge in [0.2, 0.25) is 0 Å². The van der Waals surface area contributed by atoms with E-state index >= 15 is 0 Å². The normalized spacial score (nSPS) is 13.4. The van der Waals surface area contributed by atoms with Crippen molar-refractivity contribution in [2.45, 2.75) is 32.5 Å². The van der Waals surface area contributed by atoms with E-state index < -0.39 is 12.7 Å². The van der Waals surface area contributed by atoms with Crippen LogP contribution in [-0.4, -0.2) is 25.3 Å². The smallest absolute Gasteiger partial charge is 0.361 e. The average Bonchev–Trinajstić information content (AvgIpc) is 2.24. The van der Waals surface area contributed by atoms with Crippen LogP contribution in [0.2, 0.25) is 5.02 Å². The van der Waals surface area contributed by atoms with E-state index in [0.717, 1.165) is 5.56 Å². The molecule has 1 rings (SSSR count). The summed E-state index contributed by atoms with van der Waals surface area (Å²) in [7, 11) is 0. The molecule has 1 aromatic carbocycles. The topological polar surface area (TPSA) is 29.3 Å². The highest BCUT2D eigenvalue weighted by Gasteiger charge is 2.31. The average molecular weight is 295 g/mol. The number of para-hydroxylation sites is 1. The molecule has 0 fully saturated rings. The van der Waals surface area contributed by atoms with Gasteiger partial charge in [0.1, 0.15) is 6.54 Å². The molecule has 0 aliphatic heterocycles. The second kappa shape index (κ2) is 6.48. The zero-order valence-electron chi connectivity index (χ0n) is 11.0. The first-order valence-electron chi connectivity index (χ1n) is 6.09. The first kappa shape index (κ1) is 16.1. The van der Waals surface area contributed by atoms with E-state index in [9.17, 15) is 13.2 Å². The van der Waals surface area contributed by atoms with Crippen LogP contribution in [0, 0.1) is 0 Å². The van der Waals surface area contributed by atoms with Gasteiger partial charge in [-0.25, -0.2) is 0 Å². The lowest BCUT2D eigenvalue weighted by Crippen LogP contribution is -2.35. The van der Waals surface area contributed by atoms with Crippen molar-refractivity contribution in [3.63, 3.8) is 0 Å². The van der Waals surface area contributed by atoms with Gasteiger partial charge in [-0.3, -0.25) is 0 Å². The quantitative estimate of drug-likeness (QED) is 0.899. The second-order valence-corrected chi connectivity index (χ2v) is 4.97. The number of nitrogens with zero attached hydrogens (tertiary/aromatic N) is 1. The fourth-order valence-electron chi connectivity index (χ4n) is 1.99. The van der Waals surface area contributed by atoms with Gasteiger partial charge in [-0.05, 0) is 31.9 Å². The van der Waals surface area contributed by atoms with Crippen LogP contribution in [0.1, 0.15) is 19.4 Å². The number of anilines is 1. The van der Waals surface area contributed by atoms with Gasteiger partial charge in [-0.2, -0.15) is 13.2 Å². The molecule has 108 valence electrons. The van der Waals surface area contributed by atoms with Crippen molar-refractivity contribution >= 4 is 17.3 Å². The van der Waals surface area contributed by atoms with Gasteiger partial charge in [0.15, 0.2) is 0 Å². The Hall–Kier alpha value is -0.940. The summed E-state index contributed by atoms with van der Waals surface area (Å²) in [5, 5.41) is 0.323. The van der Waals surface area contributed by atoms with Gasteiger partial charge in [0, 0.05) is 12.6 Å². The predicted octanol–water partition coefficient (Wildman–Crippen LogP) is 3.62. The van der Waals surface area contributed by atoms with Crippen LogP contribution in [0.4, 0.5) is 18.9 Å². The van der Waals surface area contributed by atoms with Crippen LogP contribution >= 0.6 is 11.6 Å². The van der Waals surface area contributed by atoms with Crippen LogP contribution in [0.25, 0.3) is 0 Å². The molecular formula is C13H18ClF3N2. The third-order valence-electron chi connectivity index (χ3n) is 2.68. The summed E-state index contributed by atoms with van der Waals surface area (Å²) in [4.78, 5) is 1.24. The minimum atomic E-state index is -4.26. The molecule has 2 N–H and O–H groups in total. The molecule has 0 bridgehead atoms. The predicted molar refractivity (Wildman–Crippen MR) is 72.7 cm³/mol. The number of nitrogens with two attached hydrogens (primary N) is 1. The maximum Gasteiger partial charge on any atom is 0.405 e. The van der Waals surface area contributed by atoms with E-state index in [4.69, 9.17) is 17.3 Å².